The maximum absolute atomic E-state index is 12.4. The van der Waals surface area contributed by atoms with Crippen LogP contribution < -0.4 is 9.54 Å². The number of hydrogen-bond donors (Lipinski definition) is 0. The van der Waals surface area contributed by atoms with Crippen LogP contribution in [0, 0.1) is 10.1 Å². The third-order valence-corrected chi connectivity index (χ3v) is 4.77. The van der Waals surface area contributed by atoms with Crippen LogP contribution in [0.15, 0.2) is 47.5 Å². The van der Waals surface area contributed by atoms with Crippen LogP contribution in [0.25, 0.3) is 10.2 Å². The van der Waals surface area contributed by atoms with E-state index >= 15 is 0 Å². The molecule has 134 valence electrons. The van der Waals surface area contributed by atoms with Crippen LogP contribution >= 0.6 is 11.3 Å². The van der Waals surface area contributed by atoms with Crippen molar-refractivity contribution in [2.45, 2.75) is 20.0 Å². The number of nitro groups is 1. The van der Waals surface area contributed by atoms with E-state index in [0.29, 0.717) is 20.8 Å². The average Bonchev–Trinajstić information content (AvgIpc) is 2.90. The largest absolute Gasteiger partial charge is 0.491 e. The molecular formula is C18H17N3O4S. The molecule has 1 amide bonds. The van der Waals surface area contributed by atoms with Gasteiger partial charge >= 0.3 is 0 Å². The number of benzene rings is 2. The Kier molecular flexibility index (Phi) is 4.85. The number of nitrogens with zero attached hydrogens (tertiary/aromatic N) is 3. The van der Waals surface area contributed by atoms with Crippen molar-refractivity contribution in [3.8, 4) is 5.75 Å². The number of fused-ring (bicyclic) bond motifs is 1. The van der Waals surface area contributed by atoms with Gasteiger partial charge in [0, 0.05) is 24.7 Å². The molecule has 3 rings (SSSR count). The summed E-state index contributed by atoms with van der Waals surface area (Å²) in [7, 11) is 1.77. The van der Waals surface area contributed by atoms with Crippen molar-refractivity contribution in [1.82, 2.24) is 4.57 Å². The molecular weight excluding hydrogens is 354 g/mol. The number of non-ortho nitro benzene ring substituents is 1. The molecule has 3 aromatic rings. The van der Waals surface area contributed by atoms with Crippen molar-refractivity contribution < 1.29 is 14.5 Å². The maximum atomic E-state index is 12.4. The number of rotatable bonds is 4. The summed E-state index contributed by atoms with van der Waals surface area (Å²) >= 11 is 1.24. The monoisotopic (exact) mass is 371 g/mol. The molecule has 1 heterocycles. The maximum Gasteiger partial charge on any atom is 0.279 e. The number of nitro benzene ring substituents is 1. The summed E-state index contributed by atoms with van der Waals surface area (Å²) in [5.41, 5.74) is 1.25. The molecule has 0 bridgehead atoms. The van der Waals surface area contributed by atoms with E-state index in [2.05, 4.69) is 4.99 Å². The highest BCUT2D eigenvalue weighted by molar-refractivity contribution is 7.16. The SMILES string of the molecule is CC(C)Oc1ccc(C(=O)N=c2sc3cc([N+](=O)[O-])ccc3n2C)cc1. The first-order valence-electron chi connectivity index (χ1n) is 7.95. The van der Waals surface area contributed by atoms with E-state index in [9.17, 15) is 14.9 Å². The minimum Gasteiger partial charge on any atom is -0.491 e. The zero-order valence-electron chi connectivity index (χ0n) is 14.5. The highest BCUT2D eigenvalue weighted by Gasteiger charge is 2.11. The van der Waals surface area contributed by atoms with Crippen LogP contribution in [0.4, 0.5) is 5.69 Å². The Morgan fingerprint density at radius 1 is 1.23 bits per heavy atom. The van der Waals surface area contributed by atoms with Gasteiger partial charge in [0.05, 0.1) is 21.2 Å². The summed E-state index contributed by atoms with van der Waals surface area (Å²) in [5, 5.41) is 10.9. The van der Waals surface area contributed by atoms with E-state index in [0.717, 1.165) is 5.52 Å². The van der Waals surface area contributed by atoms with Gasteiger partial charge in [-0.15, -0.1) is 0 Å². The molecule has 1 aromatic heterocycles. The summed E-state index contributed by atoms with van der Waals surface area (Å²) in [5.74, 6) is 0.314. The standard InChI is InChI=1S/C18H17N3O4S/c1-11(2)25-14-7-4-12(5-8-14)17(22)19-18-20(3)15-9-6-13(21(23)24)10-16(15)26-18/h4-11H,1-3H3. The van der Waals surface area contributed by atoms with Crippen molar-refractivity contribution in [2.24, 2.45) is 12.0 Å². The van der Waals surface area contributed by atoms with Crippen molar-refractivity contribution in [2.75, 3.05) is 0 Å². The van der Waals surface area contributed by atoms with Gasteiger partial charge < -0.3 is 9.30 Å². The second-order valence-electron chi connectivity index (χ2n) is 5.96. The molecule has 8 heteroatoms. The van der Waals surface area contributed by atoms with Gasteiger partial charge in [-0.1, -0.05) is 11.3 Å². The Balaban J connectivity index is 1.94. The third kappa shape index (κ3) is 3.65. The fraction of sp³-hybridized carbons (Fsp3) is 0.222. The minimum atomic E-state index is -0.443. The van der Waals surface area contributed by atoms with Crippen LogP contribution in [-0.4, -0.2) is 21.5 Å². The summed E-state index contributed by atoms with van der Waals surface area (Å²) in [6, 6.07) is 11.4. The summed E-state index contributed by atoms with van der Waals surface area (Å²) in [6.45, 7) is 3.86. The number of carbonyl (C=O) groups is 1. The first kappa shape index (κ1) is 17.8. The van der Waals surface area contributed by atoms with Crippen molar-refractivity contribution in [3.63, 3.8) is 0 Å². The zero-order chi connectivity index (χ0) is 18.8. The van der Waals surface area contributed by atoms with Crippen LogP contribution in [0.2, 0.25) is 0 Å². The Morgan fingerprint density at radius 3 is 2.54 bits per heavy atom. The first-order valence-corrected chi connectivity index (χ1v) is 8.76. The Labute approximate surface area is 153 Å². The highest BCUT2D eigenvalue weighted by Crippen LogP contribution is 2.22. The van der Waals surface area contributed by atoms with Gasteiger partial charge in [0.2, 0.25) is 0 Å². The summed E-state index contributed by atoms with van der Waals surface area (Å²) < 4.78 is 8.01. The molecule has 0 fully saturated rings. The van der Waals surface area contributed by atoms with Gasteiger partial charge in [-0.2, -0.15) is 4.99 Å². The predicted octanol–water partition coefficient (Wildman–Crippen LogP) is 3.68. The Bertz CT molecular complexity index is 1050. The Morgan fingerprint density at radius 2 is 1.92 bits per heavy atom. The normalized spacial score (nSPS) is 11.9. The molecule has 0 aliphatic heterocycles. The molecule has 2 aromatic carbocycles. The fourth-order valence-corrected chi connectivity index (χ4v) is 3.49. The molecule has 0 N–H and O–H groups in total. The van der Waals surface area contributed by atoms with Crippen molar-refractivity contribution >= 4 is 33.1 Å². The van der Waals surface area contributed by atoms with Crippen molar-refractivity contribution in [1.29, 1.82) is 0 Å². The van der Waals surface area contributed by atoms with E-state index in [-0.39, 0.29) is 17.7 Å². The minimum absolute atomic E-state index is 0.0120. The molecule has 0 atom stereocenters. The van der Waals surface area contributed by atoms with Gasteiger partial charge in [-0.25, -0.2) is 0 Å². The van der Waals surface area contributed by atoms with Crippen LogP contribution in [0.3, 0.4) is 0 Å². The molecule has 7 nitrogen and oxygen atoms in total. The summed E-state index contributed by atoms with van der Waals surface area (Å²) in [4.78, 5) is 27.5. The smallest absolute Gasteiger partial charge is 0.279 e. The lowest BCUT2D eigenvalue weighted by molar-refractivity contribution is -0.384. The molecule has 0 unspecified atom stereocenters. The number of aryl methyl sites for hydroxylation is 1. The van der Waals surface area contributed by atoms with E-state index in [1.165, 1.54) is 23.5 Å². The number of aromatic nitrogens is 1. The predicted molar refractivity (Wildman–Crippen MR) is 99.5 cm³/mol. The molecule has 0 spiro atoms. The molecule has 0 saturated heterocycles. The van der Waals surface area contributed by atoms with Crippen LogP contribution in [0.5, 0.6) is 5.75 Å². The number of ether oxygens (including phenoxy) is 1. The second-order valence-corrected chi connectivity index (χ2v) is 6.97. The molecule has 0 aliphatic rings. The first-order chi connectivity index (χ1) is 12.3. The number of thiazole rings is 1. The second kappa shape index (κ2) is 7.09. The number of carbonyl (C=O) groups excluding carboxylic acids is 1. The zero-order valence-corrected chi connectivity index (χ0v) is 15.3. The van der Waals surface area contributed by atoms with E-state index in [1.54, 1.807) is 41.9 Å². The topological polar surface area (TPSA) is 86.7 Å². The third-order valence-electron chi connectivity index (χ3n) is 3.67. The fourth-order valence-electron chi connectivity index (χ4n) is 2.44. The quantitative estimate of drug-likeness (QED) is 0.517. The average molecular weight is 371 g/mol. The van der Waals surface area contributed by atoms with Gasteiger partial charge in [0.1, 0.15) is 5.75 Å². The van der Waals surface area contributed by atoms with E-state index in [1.807, 2.05) is 13.8 Å². The van der Waals surface area contributed by atoms with E-state index < -0.39 is 4.92 Å². The molecule has 26 heavy (non-hydrogen) atoms. The van der Waals surface area contributed by atoms with Gasteiger partial charge in [0.15, 0.2) is 4.80 Å². The lowest BCUT2D eigenvalue weighted by Crippen LogP contribution is -2.13. The highest BCUT2D eigenvalue weighted by atomic mass is 32.1. The number of amides is 1. The van der Waals surface area contributed by atoms with Gasteiger partial charge in [0.25, 0.3) is 11.6 Å². The van der Waals surface area contributed by atoms with Crippen LogP contribution in [-0.2, 0) is 7.05 Å². The van der Waals surface area contributed by atoms with Crippen molar-refractivity contribution in [3.05, 3.63) is 62.9 Å². The lowest BCUT2D eigenvalue weighted by atomic mass is 10.2. The summed E-state index contributed by atoms with van der Waals surface area (Å²) in [6.07, 6.45) is 0.0582. The Hall–Kier alpha value is -3.00. The number of hydrogen-bond acceptors (Lipinski definition) is 5. The van der Waals surface area contributed by atoms with Crippen LogP contribution in [0.1, 0.15) is 24.2 Å². The molecule has 0 aliphatic carbocycles. The lowest BCUT2D eigenvalue weighted by Gasteiger charge is -2.09. The van der Waals surface area contributed by atoms with Gasteiger partial charge in [-0.3, -0.25) is 14.9 Å². The van der Waals surface area contributed by atoms with Gasteiger partial charge in [-0.05, 0) is 44.2 Å². The molecule has 0 radical (unpaired) electrons. The van der Waals surface area contributed by atoms with E-state index in [4.69, 9.17) is 4.74 Å². The molecule has 0 saturated carbocycles.